The highest BCUT2D eigenvalue weighted by Crippen LogP contribution is 1.93. The van der Waals surface area contributed by atoms with E-state index in [1.807, 2.05) is 0 Å². The van der Waals surface area contributed by atoms with Gasteiger partial charge in [-0.3, -0.25) is 24.0 Å². The van der Waals surface area contributed by atoms with Gasteiger partial charge in [-0.15, -0.1) is 0 Å². The van der Waals surface area contributed by atoms with E-state index < -0.39 is 48.0 Å². The van der Waals surface area contributed by atoms with Crippen molar-refractivity contribution in [3.8, 4) is 0 Å². The molecule has 27 heavy (non-hydrogen) atoms. The van der Waals surface area contributed by atoms with E-state index in [-0.39, 0.29) is 19.4 Å². The first-order chi connectivity index (χ1) is 12.1. The maximum atomic E-state index is 9.99. The minimum Gasteiger partial charge on any atom is -0.481 e. The van der Waals surface area contributed by atoms with Crippen molar-refractivity contribution in [2.45, 2.75) is 44.8 Å². The van der Waals surface area contributed by atoms with E-state index in [4.69, 9.17) is 42.7 Å². The number of nitrogens with two attached hydrogens (primary N) is 4. The molecule has 0 radical (unpaired) electrons. The first-order valence-electron chi connectivity index (χ1n) is 7.18. The summed E-state index contributed by atoms with van der Waals surface area (Å²) in [4.78, 5) is 48.3. The molecule has 0 fully saturated rings. The lowest BCUT2D eigenvalue weighted by atomic mass is 10.2. The number of hydrogen-bond donors (Lipinski definition) is 9. The quantitative estimate of drug-likeness (QED) is 0.207. The molecule has 0 saturated carbocycles. The van der Waals surface area contributed by atoms with Crippen LogP contribution in [0.3, 0.4) is 0 Å². The van der Waals surface area contributed by atoms with Crippen LogP contribution in [-0.4, -0.2) is 80.0 Å². The highest BCUT2D eigenvalue weighted by Gasteiger charge is 2.12. The zero-order valence-corrected chi connectivity index (χ0v) is 14.9. The van der Waals surface area contributed by atoms with E-state index >= 15 is 0 Å². The molecule has 0 heterocycles. The van der Waals surface area contributed by atoms with Gasteiger partial charge in [0.2, 0.25) is 0 Å². The Labute approximate surface area is 154 Å². The molecule has 14 heteroatoms. The highest BCUT2D eigenvalue weighted by atomic mass is 16.4. The Bertz CT molecular complexity index is 450. The third-order valence-electron chi connectivity index (χ3n) is 1.94. The number of carboxylic acid groups (broad SMARTS) is 5. The Morgan fingerprint density at radius 1 is 0.704 bits per heavy atom. The predicted molar refractivity (Wildman–Crippen MR) is 91.7 cm³/mol. The molecular weight excluding hydrogens is 372 g/mol. The Balaban J connectivity index is -0.000000137. The molecule has 0 aliphatic rings. The molecule has 0 saturated heterocycles. The van der Waals surface area contributed by atoms with Crippen molar-refractivity contribution in [2.75, 3.05) is 6.54 Å². The van der Waals surface area contributed by atoms with Crippen LogP contribution in [0.25, 0.3) is 0 Å². The molecule has 0 spiro atoms. The summed E-state index contributed by atoms with van der Waals surface area (Å²) in [6.07, 6.45) is -0.224. The summed E-state index contributed by atoms with van der Waals surface area (Å²) >= 11 is 0. The number of rotatable bonds is 7. The van der Waals surface area contributed by atoms with Gasteiger partial charge >= 0.3 is 29.8 Å². The summed E-state index contributed by atoms with van der Waals surface area (Å²) in [6.45, 7) is 2.56. The average molecular weight is 400 g/mol. The van der Waals surface area contributed by atoms with Gasteiger partial charge in [0.15, 0.2) is 0 Å². The standard InChI is InChI=1S/C5H9NO4.2C3H7NO2.C2H5NO2/c6-3(5(9)10)1-2-4(7)8;2*1-2(4)3(5)6;3-1-2(4)5/h3H,1-2,6H2,(H,7,8)(H,9,10);2*2H,4H2,1H3,(H,5,6);1,3H2,(H,4,5)/t3-;2*2-;/m010./s1. The van der Waals surface area contributed by atoms with Crippen molar-refractivity contribution >= 4 is 29.8 Å². The molecule has 3 atom stereocenters. The van der Waals surface area contributed by atoms with Gasteiger partial charge in [0.1, 0.15) is 18.1 Å². The van der Waals surface area contributed by atoms with Gasteiger partial charge in [-0.25, -0.2) is 0 Å². The van der Waals surface area contributed by atoms with Crippen molar-refractivity contribution < 1.29 is 49.5 Å². The maximum Gasteiger partial charge on any atom is 0.320 e. The van der Waals surface area contributed by atoms with Crippen LogP contribution in [0.5, 0.6) is 0 Å². The van der Waals surface area contributed by atoms with Gasteiger partial charge in [0, 0.05) is 6.42 Å². The Morgan fingerprint density at radius 3 is 1.07 bits per heavy atom. The lowest BCUT2D eigenvalue weighted by molar-refractivity contribution is -0.140. The molecule has 13 N–H and O–H groups in total. The second-order valence-electron chi connectivity index (χ2n) is 4.73. The van der Waals surface area contributed by atoms with Crippen molar-refractivity contribution in [1.29, 1.82) is 0 Å². The minimum atomic E-state index is -1.17. The van der Waals surface area contributed by atoms with E-state index in [9.17, 15) is 24.0 Å². The van der Waals surface area contributed by atoms with E-state index in [0.717, 1.165) is 0 Å². The van der Waals surface area contributed by atoms with Crippen molar-refractivity contribution in [3.05, 3.63) is 0 Å². The molecule has 0 rings (SSSR count). The summed E-state index contributed by atoms with van der Waals surface area (Å²) in [5.41, 5.74) is 19.2. The van der Waals surface area contributed by atoms with E-state index in [2.05, 4.69) is 5.73 Å². The molecule has 0 aliphatic carbocycles. The second-order valence-corrected chi connectivity index (χ2v) is 4.73. The van der Waals surface area contributed by atoms with Crippen LogP contribution in [0.2, 0.25) is 0 Å². The fourth-order valence-electron chi connectivity index (χ4n) is 0.402. The van der Waals surface area contributed by atoms with Crippen LogP contribution >= 0.6 is 0 Å². The monoisotopic (exact) mass is 400 g/mol. The van der Waals surface area contributed by atoms with Gasteiger partial charge in [-0.05, 0) is 20.3 Å². The van der Waals surface area contributed by atoms with Gasteiger partial charge < -0.3 is 48.5 Å². The Morgan fingerprint density at radius 2 is 0.963 bits per heavy atom. The van der Waals surface area contributed by atoms with Crippen molar-refractivity contribution in [2.24, 2.45) is 22.9 Å². The number of carboxylic acids is 5. The summed E-state index contributed by atoms with van der Waals surface area (Å²) in [6, 6.07) is -2.52. The maximum absolute atomic E-state index is 9.99. The molecule has 14 nitrogen and oxygen atoms in total. The normalized spacial score (nSPS) is 12.1. The molecule has 0 aliphatic heterocycles. The largest absolute Gasteiger partial charge is 0.481 e. The average Bonchev–Trinajstić information content (AvgIpc) is 2.53. The summed E-state index contributed by atoms with van der Waals surface area (Å²) in [7, 11) is 0. The van der Waals surface area contributed by atoms with Gasteiger partial charge in [0.25, 0.3) is 0 Å². The minimum absolute atomic E-state index is 0.0231. The number of aliphatic carboxylic acids is 5. The van der Waals surface area contributed by atoms with Crippen LogP contribution in [-0.2, 0) is 24.0 Å². The van der Waals surface area contributed by atoms with Crippen LogP contribution in [0.4, 0.5) is 0 Å². The SMILES string of the molecule is C[C@@H](N)C(=O)O.C[C@H](N)C(=O)O.NCC(=O)O.N[C@@H](CCC(=O)O)C(=O)O. The molecule has 0 aromatic heterocycles. The fourth-order valence-corrected chi connectivity index (χ4v) is 0.402. The predicted octanol–water partition coefficient (Wildman–Crippen LogP) is -2.87. The molecule has 0 amide bonds. The van der Waals surface area contributed by atoms with Crippen molar-refractivity contribution in [3.63, 3.8) is 0 Å². The summed E-state index contributed by atoms with van der Waals surface area (Å²) in [5.74, 6) is -5.09. The summed E-state index contributed by atoms with van der Waals surface area (Å²) < 4.78 is 0. The third kappa shape index (κ3) is 39.7. The summed E-state index contributed by atoms with van der Waals surface area (Å²) in [5, 5.41) is 39.6. The second kappa shape index (κ2) is 19.5. The molecule has 0 bridgehead atoms. The molecule has 0 aromatic carbocycles. The molecular formula is C13H28N4O10. The van der Waals surface area contributed by atoms with Gasteiger partial charge in [-0.2, -0.15) is 0 Å². The topological polar surface area (TPSA) is 291 Å². The zero-order chi connectivity index (χ0) is 22.7. The fraction of sp³-hybridized carbons (Fsp3) is 0.615. The van der Waals surface area contributed by atoms with E-state index in [1.54, 1.807) is 0 Å². The van der Waals surface area contributed by atoms with E-state index in [0.29, 0.717) is 0 Å². The smallest absolute Gasteiger partial charge is 0.320 e. The third-order valence-corrected chi connectivity index (χ3v) is 1.94. The van der Waals surface area contributed by atoms with Crippen LogP contribution < -0.4 is 22.9 Å². The van der Waals surface area contributed by atoms with Crippen LogP contribution in [0.1, 0.15) is 26.7 Å². The van der Waals surface area contributed by atoms with Crippen LogP contribution in [0, 0.1) is 0 Å². The Kier molecular flexibility index (Phi) is 23.1. The van der Waals surface area contributed by atoms with E-state index in [1.165, 1.54) is 13.8 Å². The number of hydrogen-bond acceptors (Lipinski definition) is 9. The Hall–Kier alpha value is -2.81. The lowest BCUT2D eigenvalue weighted by Crippen LogP contribution is -2.30. The van der Waals surface area contributed by atoms with Crippen molar-refractivity contribution in [1.82, 2.24) is 0 Å². The van der Waals surface area contributed by atoms with Gasteiger partial charge in [0.05, 0.1) is 6.54 Å². The molecule has 0 unspecified atom stereocenters. The van der Waals surface area contributed by atoms with Gasteiger partial charge in [-0.1, -0.05) is 0 Å². The zero-order valence-electron chi connectivity index (χ0n) is 14.9. The first kappa shape index (κ1) is 31.9. The first-order valence-corrected chi connectivity index (χ1v) is 7.18. The highest BCUT2D eigenvalue weighted by molar-refractivity contribution is 5.74. The lowest BCUT2D eigenvalue weighted by Gasteiger charge is -2.01. The molecule has 160 valence electrons. The van der Waals surface area contributed by atoms with Crippen LogP contribution in [0.15, 0.2) is 0 Å². The number of carbonyl (C=O) groups is 5. The molecule has 0 aromatic rings.